The van der Waals surface area contributed by atoms with Gasteiger partial charge in [-0.1, -0.05) is 6.07 Å². The van der Waals surface area contributed by atoms with E-state index < -0.39 is 11.4 Å². The quantitative estimate of drug-likeness (QED) is 0.783. The number of nitrogens with zero attached hydrogens (tertiary/aromatic N) is 2. The molecule has 5 heteroatoms. The van der Waals surface area contributed by atoms with Crippen molar-refractivity contribution in [3.8, 4) is 6.07 Å². The second-order valence-corrected chi connectivity index (χ2v) is 5.99. The second-order valence-electron chi connectivity index (χ2n) is 5.99. The number of esters is 1. The fourth-order valence-electron chi connectivity index (χ4n) is 1.79. The third-order valence-corrected chi connectivity index (χ3v) is 2.74. The summed E-state index contributed by atoms with van der Waals surface area (Å²) in [5.74, 6) is -0.673. The molecule has 4 nitrogen and oxygen atoms in total. The molecule has 0 amide bonds. The van der Waals surface area contributed by atoms with Crippen molar-refractivity contribution in [2.24, 2.45) is 0 Å². The normalized spacial score (nSPS) is 11.3. The minimum Gasteiger partial charge on any atom is -0.460 e. The lowest BCUT2D eigenvalue weighted by atomic mass is 10.1. The lowest BCUT2D eigenvalue weighted by molar-refractivity contribution is -0.155. The van der Waals surface area contributed by atoms with Crippen LogP contribution in [0.1, 0.15) is 38.3 Å². The molecule has 0 aliphatic heterocycles. The first-order valence-corrected chi connectivity index (χ1v) is 6.80. The number of carbonyl (C=O) groups excluding carboxylic acids is 1. The van der Waals surface area contributed by atoms with Gasteiger partial charge in [-0.25, -0.2) is 4.39 Å². The van der Waals surface area contributed by atoms with E-state index in [0.29, 0.717) is 24.2 Å². The number of hydrogen-bond donors (Lipinski definition) is 0. The summed E-state index contributed by atoms with van der Waals surface area (Å²) < 4.78 is 19.0. The van der Waals surface area contributed by atoms with Crippen LogP contribution in [-0.2, 0) is 16.1 Å². The first kappa shape index (κ1) is 17.1. The van der Waals surface area contributed by atoms with Crippen LogP contribution in [0.4, 0.5) is 4.39 Å². The minimum absolute atomic E-state index is 0.256. The van der Waals surface area contributed by atoms with Gasteiger partial charge in [0.2, 0.25) is 0 Å². The molecule has 0 N–H and O–H groups in total. The van der Waals surface area contributed by atoms with Gasteiger partial charge in [0.25, 0.3) is 0 Å². The highest BCUT2D eigenvalue weighted by Crippen LogP contribution is 2.13. The van der Waals surface area contributed by atoms with Crippen molar-refractivity contribution in [1.29, 1.82) is 5.26 Å². The molecule has 0 radical (unpaired) electrons. The summed E-state index contributed by atoms with van der Waals surface area (Å²) in [6.07, 6.45) is 0.256. The van der Waals surface area contributed by atoms with Crippen molar-refractivity contribution in [3.63, 3.8) is 0 Å². The molecular weight excluding hydrogens is 271 g/mol. The van der Waals surface area contributed by atoms with Crippen molar-refractivity contribution in [1.82, 2.24) is 4.90 Å². The maximum atomic E-state index is 13.7. The van der Waals surface area contributed by atoms with E-state index in [-0.39, 0.29) is 12.4 Å². The number of carbonyl (C=O) groups is 1. The molecule has 1 rings (SSSR count). The van der Waals surface area contributed by atoms with Gasteiger partial charge >= 0.3 is 5.97 Å². The molecule has 21 heavy (non-hydrogen) atoms. The number of halogens is 1. The molecule has 0 spiro atoms. The maximum absolute atomic E-state index is 13.7. The zero-order chi connectivity index (χ0) is 16.0. The van der Waals surface area contributed by atoms with E-state index in [1.165, 1.54) is 6.07 Å². The van der Waals surface area contributed by atoms with Gasteiger partial charge in [0.15, 0.2) is 0 Å². The number of ether oxygens (including phenoxy) is 1. The van der Waals surface area contributed by atoms with Crippen molar-refractivity contribution in [2.45, 2.75) is 39.3 Å². The van der Waals surface area contributed by atoms with Gasteiger partial charge in [0, 0.05) is 18.7 Å². The third-order valence-electron chi connectivity index (χ3n) is 2.74. The summed E-state index contributed by atoms with van der Waals surface area (Å²) in [5, 5.41) is 8.69. The van der Waals surface area contributed by atoms with Gasteiger partial charge in [-0.15, -0.1) is 0 Å². The average molecular weight is 292 g/mol. The van der Waals surface area contributed by atoms with Crippen LogP contribution in [0.3, 0.4) is 0 Å². The van der Waals surface area contributed by atoms with Crippen molar-refractivity contribution < 1.29 is 13.9 Å². The topological polar surface area (TPSA) is 53.3 Å². The summed E-state index contributed by atoms with van der Waals surface area (Å²) in [7, 11) is 1.81. The highest BCUT2D eigenvalue weighted by Gasteiger charge is 2.16. The van der Waals surface area contributed by atoms with E-state index in [4.69, 9.17) is 10.00 Å². The molecule has 0 saturated carbocycles. The molecule has 0 saturated heterocycles. The Morgan fingerprint density at radius 1 is 1.43 bits per heavy atom. The van der Waals surface area contributed by atoms with E-state index >= 15 is 0 Å². The molecule has 114 valence electrons. The average Bonchev–Trinajstić information content (AvgIpc) is 2.37. The van der Waals surface area contributed by atoms with E-state index in [2.05, 4.69) is 0 Å². The molecule has 0 bridgehead atoms. The molecule has 0 atom stereocenters. The van der Waals surface area contributed by atoms with Crippen LogP contribution in [0, 0.1) is 17.1 Å². The molecule has 0 aromatic heterocycles. The van der Waals surface area contributed by atoms with Crippen molar-refractivity contribution >= 4 is 5.97 Å². The van der Waals surface area contributed by atoms with Gasteiger partial charge in [-0.2, -0.15) is 5.26 Å². The summed E-state index contributed by atoms with van der Waals surface area (Å²) in [5.41, 5.74) is 0.308. The van der Waals surface area contributed by atoms with Crippen LogP contribution >= 0.6 is 0 Å². The molecule has 0 fully saturated rings. The summed E-state index contributed by atoms with van der Waals surface area (Å²) in [6.45, 7) is 6.32. The Morgan fingerprint density at radius 3 is 2.62 bits per heavy atom. The van der Waals surface area contributed by atoms with Gasteiger partial charge in [0.1, 0.15) is 11.4 Å². The Kier molecular flexibility index (Phi) is 5.86. The first-order valence-electron chi connectivity index (χ1n) is 6.80. The molecule has 0 aliphatic rings. The molecule has 0 aliphatic carbocycles. The van der Waals surface area contributed by atoms with Crippen molar-refractivity contribution in [2.75, 3.05) is 13.6 Å². The molecule has 0 unspecified atom stereocenters. The van der Waals surface area contributed by atoms with Gasteiger partial charge in [-0.05, 0) is 40.0 Å². The molecule has 1 aromatic carbocycles. The molecular formula is C16H21FN2O2. The highest BCUT2D eigenvalue weighted by molar-refractivity contribution is 5.70. The van der Waals surface area contributed by atoms with Crippen molar-refractivity contribution in [3.05, 3.63) is 35.1 Å². The van der Waals surface area contributed by atoms with Crippen LogP contribution in [0.25, 0.3) is 0 Å². The second kappa shape index (κ2) is 7.19. The van der Waals surface area contributed by atoms with E-state index in [1.54, 1.807) is 12.1 Å². The van der Waals surface area contributed by atoms with Crippen LogP contribution in [-0.4, -0.2) is 30.1 Å². The van der Waals surface area contributed by atoms with Crippen LogP contribution in [0.15, 0.2) is 18.2 Å². The SMILES string of the molecule is CN(CCC(=O)OC(C)(C)C)Cc1ccc(C#N)cc1F. The molecule has 0 heterocycles. The Bertz CT molecular complexity index is 544. The largest absolute Gasteiger partial charge is 0.460 e. The Balaban J connectivity index is 2.49. The summed E-state index contributed by atoms with van der Waals surface area (Å²) in [6, 6.07) is 6.29. The number of nitriles is 1. The monoisotopic (exact) mass is 292 g/mol. The van der Waals surface area contributed by atoms with E-state index in [9.17, 15) is 9.18 Å². The fraction of sp³-hybridized carbons (Fsp3) is 0.500. The lowest BCUT2D eigenvalue weighted by Gasteiger charge is -2.21. The summed E-state index contributed by atoms with van der Waals surface area (Å²) >= 11 is 0. The zero-order valence-electron chi connectivity index (χ0n) is 12.9. The number of benzene rings is 1. The minimum atomic E-state index is -0.491. The predicted octanol–water partition coefficient (Wildman–Crippen LogP) is 2.86. The van der Waals surface area contributed by atoms with E-state index in [1.807, 2.05) is 38.8 Å². The van der Waals surface area contributed by atoms with Gasteiger partial charge in [-0.3, -0.25) is 4.79 Å². The maximum Gasteiger partial charge on any atom is 0.307 e. The van der Waals surface area contributed by atoms with Crippen LogP contribution in [0.2, 0.25) is 0 Å². The summed E-state index contributed by atoms with van der Waals surface area (Å²) in [4.78, 5) is 13.4. The Morgan fingerprint density at radius 2 is 2.10 bits per heavy atom. The smallest absolute Gasteiger partial charge is 0.307 e. The predicted molar refractivity (Wildman–Crippen MR) is 77.9 cm³/mol. The standard InChI is InChI=1S/C16H21FN2O2/c1-16(2,3)21-15(20)7-8-19(4)11-13-6-5-12(10-18)9-14(13)17/h5-6,9H,7-8,11H2,1-4H3. The number of hydrogen-bond acceptors (Lipinski definition) is 4. The Labute approximate surface area is 125 Å². The van der Waals surface area contributed by atoms with E-state index in [0.717, 1.165) is 0 Å². The highest BCUT2D eigenvalue weighted by atomic mass is 19.1. The molecule has 1 aromatic rings. The fourth-order valence-corrected chi connectivity index (χ4v) is 1.79. The third kappa shape index (κ3) is 6.37. The lowest BCUT2D eigenvalue weighted by Crippen LogP contribution is -2.27. The number of rotatable bonds is 5. The first-order chi connectivity index (χ1) is 9.71. The Hall–Kier alpha value is -1.93. The zero-order valence-corrected chi connectivity index (χ0v) is 12.9. The van der Waals surface area contributed by atoms with Crippen LogP contribution < -0.4 is 0 Å². The van der Waals surface area contributed by atoms with Gasteiger partial charge in [0.05, 0.1) is 18.1 Å². The van der Waals surface area contributed by atoms with Gasteiger partial charge < -0.3 is 9.64 Å². The van der Waals surface area contributed by atoms with Crippen LogP contribution in [0.5, 0.6) is 0 Å².